The van der Waals surface area contributed by atoms with Gasteiger partial charge in [-0.2, -0.15) is 0 Å². The Morgan fingerprint density at radius 2 is 1.95 bits per heavy atom. The van der Waals surface area contributed by atoms with Crippen LogP contribution in [-0.2, 0) is 6.54 Å². The van der Waals surface area contributed by atoms with E-state index in [1.165, 1.54) is 26.4 Å². The van der Waals surface area contributed by atoms with Gasteiger partial charge in [0.1, 0.15) is 5.52 Å². The first-order valence-electron chi connectivity index (χ1n) is 6.12. The number of non-ortho nitro benzene ring substituents is 1. The second-order valence-corrected chi connectivity index (χ2v) is 4.07. The normalized spacial score (nSPS) is 11.0. The molecule has 0 fully saturated rings. The number of benzene rings is 1. The molecule has 0 aliphatic heterocycles. The van der Waals surface area contributed by atoms with Crippen molar-refractivity contribution >= 4 is 22.9 Å². The van der Waals surface area contributed by atoms with Gasteiger partial charge in [0.05, 0.1) is 31.2 Å². The number of aliphatic imine (C=N–C) groups is 1. The molecule has 8 nitrogen and oxygen atoms in total. The zero-order chi connectivity index (χ0) is 15.4. The summed E-state index contributed by atoms with van der Waals surface area (Å²) < 4.78 is 10.2. The number of ether oxygens (including phenoxy) is 2. The molecule has 8 heteroatoms. The smallest absolute Gasteiger partial charge is 0.278 e. The molecule has 1 heterocycles. The van der Waals surface area contributed by atoms with Crippen LogP contribution in [0, 0.1) is 10.1 Å². The van der Waals surface area contributed by atoms with E-state index in [4.69, 9.17) is 9.47 Å². The molecule has 0 N–H and O–H groups in total. The van der Waals surface area contributed by atoms with Crippen molar-refractivity contribution in [1.29, 1.82) is 0 Å². The van der Waals surface area contributed by atoms with E-state index in [1.807, 2.05) is 0 Å². The predicted molar refractivity (Wildman–Crippen MR) is 77.2 cm³/mol. The van der Waals surface area contributed by atoms with Crippen molar-refractivity contribution < 1.29 is 14.4 Å². The Morgan fingerprint density at radius 3 is 2.52 bits per heavy atom. The average Bonchev–Trinajstić information content (AvgIpc) is 2.50. The van der Waals surface area contributed by atoms with E-state index < -0.39 is 4.92 Å². The lowest BCUT2D eigenvalue weighted by Gasteiger charge is -2.09. The van der Waals surface area contributed by atoms with Crippen LogP contribution < -0.4 is 9.47 Å². The Morgan fingerprint density at radius 1 is 1.29 bits per heavy atom. The van der Waals surface area contributed by atoms with Gasteiger partial charge in [0.2, 0.25) is 0 Å². The molecule has 0 bridgehead atoms. The van der Waals surface area contributed by atoms with E-state index >= 15 is 0 Å². The number of fused-ring (bicyclic) bond motifs is 1. The number of aromatic nitrogens is 2. The van der Waals surface area contributed by atoms with Gasteiger partial charge in [0.15, 0.2) is 0 Å². The van der Waals surface area contributed by atoms with E-state index in [0.717, 1.165) is 0 Å². The molecule has 0 aliphatic rings. The number of nitrogens with zero attached hydrogens (tertiary/aromatic N) is 4. The van der Waals surface area contributed by atoms with Gasteiger partial charge < -0.3 is 9.47 Å². The molecule has 1 aromatic carbocycles. The summed E-state index contributed by atoms with van der Waals surface area (Å²) >= 11 is 0. The summed E-state index contributed by atoms with van der Waals surface area (Å²) in [6.07, 6.45) is 1.62. The number of methoxy groups -OCH3 is 2. The Labute approximate surface area is 120 Å². The molecule has 0 aliphatic carbocycles. The van der Waals surface area contributed by atoms with Gasteiger partial charge in [-0.1, -0.05) is 0 Å². The molecule has 1 aromatic heterocycles. The molecule has 0 atom stereocenters. The largest absolute Gasteiger partial charge is 0.477 e. The fraction of sp³-hybridized carbons (Fsp3) is 0.308. The summed E-state index contributed by atoms with van der Waals surface area (Å²) in [5, 5.41) is 11.0. The van der Waals surface area contributed by atoms with Crippen molar-refractivity contribution in [3.63, 3.8) is 0 Å². The summed E-state index contributed by atoms with van der Waals surface area (Å²) in [7, 11) is 2.88. The molecule has 2 aromatic rings. The van der Waals surface area contributed by atoms with Crippen LogP contribution in [0.1, 0.15) is 12.5 Å². The van der Waals surface area contributed by atoms with Crippen LogP contribution in [-0.4, -0.2) is 35.3 Å². The maximum absolute atomic E-state index is 11.0. The summed E-state index contributed by atoms with van der Waals surface area (Å²) in [5.74, 6) is 0.399. The van der Waals surface area contributed by atoms with Gasteiger partial charge in [0, 0.05) is 17.7 Å². The van der Waals surface area contributed by atoms with Gasteiger partial charge in [-0.05, 0) is 13.1 Å². The Kier molecular flexibility index (Phi) is 4.27. The van der Waals surface area contributed by atoms with E-state index in [-0.39, 0.29) is 24.0 Å². The van der Waals surface area contributed by atoms with Crippen molar-refractivity contribution in [2.24, 2.45) is 4.99 Å². The van der Waals surface area contributed by atoms with E-state index in [9.17, 15) is 10.1 Å². The topological polar surface area (TPSA) is 99.7 Å². The average molecular weight is 290 g/mol. The Balaban J connectivity index is 2.74. The number of hydrogen-bond donors (Lipinski definition) is 0. The second kappa shape index (κ2) is 6.12. The van der Waals surface area contributed by atoms with Crippen molar-refractivity contribution in [3.8, 4) is 11.8 Å². The molecule has 0 amide bonds. The molecule has 0 spiro atoms. The summed E-state index contributed by atoms with van der Waals surface area (Å²) in [4.78, 5) is 23.2. The third-order valence-electron chi connectivity index (χ3n) is 2.81. The molecule has 21 heavy (non-hydrogen) atoms. The van der Waals surface area contributed by atoms with E-state index in [0.29, 0.717) is 16.6 Å². The lowest BCUT2D eigenvalue weighted by molar-refractivity contribution is -0.384. The van der Waals surface area contributed by atoms with Crippen LogP contribution in [0.25, 0.3) is 11.0 Å². The highest BCUT2D eigenvalue weighted by Gasteiger charge is 2.17. The number of nitro benzene ring substituents is 1. The number of nitro groups is 1. The second-order valence-electron chi connectivity index (χ2n) is 4.07. The van der Waals surface area contributed by atoms with Crippen LogP contribution in [0.4, 0.5) is 5.69 Å². The molecular formula is C13H14N4O4. The molecule has 0 radical (unpaired) electrons. The van der Waals surface area contributed by atoms with Crippen LogP contribution in [0.5, 0.6) is 11.8 Å². The lowest BCUT2D eigenvalue weighted by Crippen LogP contribution is -2.00. The third kappa shape index (κ3) is 2.88. The van der Waals surface area contributed by atoms with Crippen LogP contribution in [0.15, 0.2) is 17.1 Å². The predicted octanol–water partition coefficient (Wildman–Crippen LogP) is 2.15. The summed E-state index contributed by atoms with van der Waals surface area (Å²) in [6.45, 7) is 2.05. The number of hydrogen-bond acceptors (Lipinski definition) is 7. The Hall–Kier alpha value is -2.77. The van der Waals surface area contributed by atoms with Gasteiger partial charge in [-0.3, -0.25) is 15.1 Å². The van der Waals surface area contributed by atoms with E-state index in [1.54, 1.807) is 13.1 Å². The monoisotopic (exact) mass is 290 g/mol. The van der Waals surface area contributed by atoms with Crippen LogP contribution in [0.2, 0.25) is 0 Å². The first-order chi connectivity index (χ1) is 10.1. The van der Waals surface area contributed by atoms with Gasteiger partial charge >= 0.3 is 0 Å². The van der Waals surface area contributed by atoms with Crippen molar-refractivity contribution in [2.75, 3.05) is 14.2 Å². The highest BCUT2D eigenvalue weighted by Crippen LogP contribution is 2.30. The maximum atomic E-state index is 11.0. The first-order valence-corrected chi connectivity index (χ1v) is 6.12. The molecule has 0 saturated carbocycles. The van der Waals surface area contributed by atoms with Crippen LogP contribution in [0.3, 0.4) is 0 Å². The fourth-order valence-electron chi connectivity index (χ4n) is 1.86. The van der Waals surface area contributed by atoms with Crippen molar-refractivity contribution in [3.05, 3.63) is 27.8 Å². The molecule has 0 saturated heterocycles. The van der Waals surface area contributed by atoms with Crippen LogP contribution >= 0.6 is 0 Å². The lowest BCUT2D eigenvalue weighted by atomic mass is 10.1. The molecule has 0 unspecified atom stereocenters. The van der Waals surface area contributed by atoms with Gasteiger partial charge in [0.25, 0.3) is 17.4 Å². The molecule has 110 valence electrons. The van der Waals surface area contributed by atoms with Crippen molar-refractivity contribution in [1.82, 2.24) is 9.97 Å². The van der Waals surface area contributed by atoms with E-state index in [2.05, 4.69) is 15.0 Å². The van der Waals surface area contributed by atoms with Crippen molar-refractivity contribution in [2.45, 2.75) is 13.5 Å². The summed E-state index contributed by atoms with van der Waals surface area (Å²) in [6, 6.07) is 2.79. The maximum Gasteiger partial charge on any atom is 0.278 e. The zero-order valence-electron chi connectivity index (χ0n) is 11.9. The standard InChI is InChI=1S/C13H14N4O4/c1-4-14-7-8-5-9(17(18)19)6-10-11(8)16-13(21-3)12(15-10)20-2/h4-6H,7H2,1-3H3/b14-4-. The minimum atomic E-state index is -0.475. The highest BCUT2D eigenvalue weighted by atomic mass is 16.6. The highest BCUT2D eigenvalue weighted by molar-refractivity contribution is 5.82. The Bertz CT molecular complexity index is 715. The molecule has 2 rings (SSSR count). The van der Waals surface area contributed by atoms with Gasteiger partial charge in [-0.25, -0.2) is 9.97 Å². The fourth-order valence-corrected chi connectivity index (χ4v) is 1.86. The number of rotatable bonds is 5. The summed E-state index contributed by atoms with van der Waals surface area (Å²) in [5.41, 5.74) is 1.41. The van der Waals surface area contributed by atoms with Gasteiger partial charge in [-0.15, -0.1) is 0 Å². The first kappa shape index (κ1) is 14.6. The zero-order valence-corrected chi connectivity index (χ0v) is 11.9. The SMILES string of the molecule is C/C=N\Cc1cc([N+](=O)[O-])cc2nc(OC)c(OC)nc12. The minimum absolute atomic E-state index is 0.0645. The third-order valence-corrected chi connectivity index (χ3v) is 2.81. The molecular weight excluding hydrogens is 276 g/mol. The minimum Gasteiger partial charge on any atom is -0.477 e. The quantitative estimate of drug-likeness (QED) is 0.475.